The molecule has 0 aliphatic carbocycles. The number of aliphatic carboxylic acids is 1. The van der Waals surface area contributed by atoms with Gasteiger partial charge >= 0.3 is 11.9 Å². The number of rotatable bonds is 4. The highest BCUT2D eigenvalue weighted by Gasteiger charge is 2.06. The number of carboxylic acid groups (broad SMARTS) is 1. The van der Waals surface area contributed by atoms with E-state index in [2.05, 4.69) is 10.1 Å². The maximum Gasteiger partial charge on any atom is 0.337 e. The summed E-state index contributed by atoms with van der Waals surface area (Å²) in [6, 6.07) is 6.11. The predicted molar refractivity (Wildman–Crippen MR) is 63.2 cm³/mol. The van der Waals surface area contributed by atoms with Crippen molar-refractivity contribution in [2.75, 3.05) is 12.4 Å². The van der Waals surface area contributed by atoms with Crippen molar-refractivity contribution >= 4 is 23.5 Å². The van der Waals surface area contributed by atoms with Gasteiger partial charge in [-0.1, -0.05) is 6.07 Å². The number of nitrogens with one attached hydrogen (secondary N) is 1. The first-order valence-corrected chi connectivity index (χ1v) is 4.93. The topological polar surface area (TPSA) is 92.7 Å². The first kappa shape index (κ1) is 13.4. The van der Waals surface area contributed by atoms with E-state index in [0.29, 0.717) is 5.69 Å². The van der Waals surface area contributed by atoms with E-state index >= 15 is 0 Å². The number of esters is 1. The number of anilines is 1. The van der Waals surface area contributed by atoms with Gasteiger partial charge in [-0.2, -0.15) is 0 Å². The molecule has 0 saturated heterocycles. The van der Waals surface area contributed by atoms with Crippen LogP contribution in [-0.4, -0.2) is 30.1 Å². The Labute approximate surface area is 103 Å². The van der Waals surface area contributed by atoms with E-state index in [9.17, 15) is 14.4 Å². The highest BCUT2D eigenvalue weighted by molar-refractivity contribution is 6.03. The quantitative estimate of drug-likeness (QED) is 0.614. The van der Waals surface area contributed by atoms with Gasteiger partial charge in [0.1, 0.15) is 0 Å². The second-order valence-electron chi connectivity index (χ2n) is 3.23. The number of amides is 1. The van der Waals surface area contributed by atoms with E-state index in [1.807, 2.05) is 0 Å². The molecule has 6 heteroatoms. The van der Waals surface area contributed by atoms with Crippen LogP contribution < -0.4 is 5.32 Å². The number of carbonyl (C=O) groups is 3. The Bertz CT molecular complexity index is 507. The van der Waals surface area contributed by atoms with Gasteiger partial charge in [-0.05, 0) is 18.2 Å². The minimum absolute atomic E-state index is 0.289. The molecule has 0 unspecified atom stereocenters. The normalized spacial score (nSPS) is 10.1. The van der Waals surface area contributed by atoms with E-state index in [-0.39, 0.29) is 5.56 Å². The van der Waals surface area contributed by atoms with Crippen LogP contribution >= 0.6 is 0 Å². The van der Waals surface area contributed by atoms with Crippen LogP contribution in [0.15, 0.2) is 36.4 Å². The van der Waals surface area contributed by atoms with E-state index in [0.717, 1.165) is 12.2 Å². The fourth-order valence-electron chi connectivity index (χ4n) is 1.17. The Morgan fingerprint density at radius 3 is 2.61 bits per heavy atom. The smallest absolute Gasteiger partial charge is 0.337 e. The zero-order valence-corrected chi connectivity index (χ0v) is 9.54. The van der Waals surface area contributed by atoms with Crippen molar-refractivity contribution in [2.24, 2.45) is 0 Å². The average Bonchev–Trinajstić information content (AvgIpc) is 2.35. The molecule has 0 spiro atoms. The summed E-state index contributed by atoms with van der Waals surface area (Å²) in [7, 11) is 1.25. The SMILES string of the molecule is COC(=O)c1cccc(NC(=O)/C=C\C(=O)O)c1. The molecule has 1 aromatic rings. The zero-order chi connectivity index (χ0) is 13.5. The van der Waals surface area contributed by atoms with E-state index in [1.165, 1.54) is 19.2 Å². The van der Waals surface area contributed by atoms with Gasteiger partial charge in [0.15, 0.2) is 0 Å². The van der Waals surface area contributed by atoms with Gasteiger partial charge in [0.05, 0.1) is 12.7 Å². The van der Waals surface area contributed by atoms with Gasteiger partial charge in [0, 0.05) is 17.8 Å². The lowest BCUT2D eigenvalue weighted by molar-refractivity contribution is -0.131. The summed E-state index contributed by atoms with van der Waals surface area (Å²) in [6.45, 7) is 0. The average molecular weight is 249 g/mol. The summed E-state index contributed by atoms with van der Waals surface area (Å²) >= 11 is 0. The Morgan fingerprint density at radius 2 is 2.00 bits per heavy atom. The maximum atomic E-state index is 11.3. The Hall–Kier alpha value is -2.63. The molecule has 1 rings (SSSR count). The van der Waals surface area contributed by atoms with E-state index < -0.39 is 17.8 Å². The molecule has 0 radical (unpaired) electrons. The largest absolute Gasteiger partial charge is 0.478 e. The van der Waals surface area contributed by atoms with Gasteiger partial charge in [-0.25, -0.2) is 9.59 Å². The lowest BCUT2D eigenvalue weighted by Crippen LogP contribution is -2.09. The van der Waals surface area contributed by atoms with Gasteiger partial charge in [-0.15, -0.1) is 0 Å². The van der Waals surface area contributed by atoms with Gasteiger partial charge in [0.2, 0.25) is 5.91 Å². The summed E-state index contributed by atoms with van der Waals surface area (Å²) in [5.41, 5.74) is 0.662. The van der Waals surface area contributed by atoms with Crippen LogP contribution in [0, 0.1) is 0 Å². The van der Waals surface area contributed by atoms with Crippen LogP contribution in [0.2, 0.25) is 0 Å². The monoisotopic (exact) mass is 249 g/mol. The number of hydrogen-bond acceptors (Lipinski definition) is 4. The molecule has 0 aliphatic heterocycles. The van der Waals surface area contributed by atoms with Crippen molar-refractivity contribution in [2.45, 2.75) is 0 Å². The zero-order valence-electron chi connectivity index (χ0n) is 9.54. The molecular weight excluding hydrogens is 238 g/mol. The van der Waals surface area contributed by atoms with Crippen LogP contribution in [0.5, 0.6) is 0 Å². The van der Waals surface area contributed by atoms with Gasteiger partial charge in [0.25, 0.3) is 0 Å². The molecule has 1 amide bonds. The van der Waals surface area contributed by atoms with Crippen LogP contribution in [0.3, 0.4) is 0 Å². The summed E-state index contributed by atoms with van der Waals surface area (Å²) in [4.78, 5) is 32.7. The molecule has 94 valence electrons. The van der Waals surface area contributed by atoms with Crippen molar-refractivity contribution < 1.29 is 24.2 Å². The molecule has 0 bridgehead atoms. The maximum absolute atomic E-state index is 11.3. The molecule has 0 heterocycles. The molecular formula is C12H11NO5. The molecule has 18 heavy (non-hydrogen) atoms. The standard InChI is InChI=1S/C12H11NO5/c1-18-12(17)8-3-2-4-9(7-8)13-10(14)5-6-11(15)16/h2-7H,1H3,(H,13,14)(H,15,16)/b6-5-. The molecule has 0 aromatic heterocycles. The lowest BCUT2D eigenvalue weighted by Gasteiger charge is -2.04. The van der Waals surface area contributed by atoms with Crippen molar-refractivity contribution in [3.05, 3.63) is 42.0 Å². The summed E-state index contributed by atoms with van der Waals surface area (Å²) in [5.74, 6) is -2.33. The predicted octanol–water partition coefficient (Wildman–Crippen LogP) is 1.05. The number of benzene rings is 1. The Balaban J connectivity index is 2.76. The van der Waals surface area contributed by atoms with Crippen LogP contribution in [0.4, 0.5) is 5.69 Å². The fourth-order valence-corrected chi connectivity index (χ4v) is 1.17. The molecule has 0 aliphatic rings. The summed E-state index contributed by atoms with van der Waals surface area (Å²) < 4.78 is 4.53. The second-order valence-corrected chi connectivity index (χ2v) is 3.23. The van der Waals surface area contributed by atoms with Crippen LogP contribution in [0.25, 0.3) is 0 Å². The molecule has 0 fully saturated rings. The first-order valence-electron chi connectivity index (χ1n) is 4.93. The number of hydrogen-bond donors (Lipinski definition) is 2. The van der Waals surface area contributed by atoms with Crippen molar-refractivity contribution in [3.63, 3.8) is 0 Å². The second kappa shape index (κ2) is 6.19. The molecule has 2 N–H and O–H groups in total. The molecule has 0 saturated carbocycles. The molecule has 6 nitrogen and oxygen atoms in total. The third-order valence-corrected chi connectivity index (χ3v) is 1.93. The van der Waals surface area contributed by atoms with Crippen LogP contribution in [0.1, 0.15) is 10.4 Å². The lowest BCUT2D eigenvalue weighted by atomic mass is 10.2. The molecule has 0 atom stereocenters. The third kappa shape index (κ3) is 4.09. The number of methoxy groups -OCH3 is 1. The van der Waals surface area contributed by atoms with Crippen LogP contribution in [-0.2, 0) is 14.3 Å². The van der Waals surface area contributed by atoms with E-state index in [1.54, 1.807) is 12.1 Å². The van der Waals surface area contributed by atoms with Crippen molar-refractivity contribution in [1.29, 1.82) is 0 Å². The van der Waals surface area contributed by atoms with Crippen molar-refractivity contribution in [1.82, 2.24) is 0 Å². The number of carbonyl (C=O) groups excluding carboxylic acids is 2. The Morgan fingerprint density at radius 1 is 1.28 bits per heavy atom. The van der Waals surface area contributed by atoms with Gasteiger partial charge < -0.3 is 15.2 Å². The summed E-state index contributed by atoms with van der Waals surface area (Å²) in [5, 5.41) is 10.8. The molecule has 1 aromatic carbocycles. The summed E-state index contributed by atoms with van der Waals surface area (Å²) in [6.07, 6.45) is 1.60. The highest BCUT2D eigenvalue weighted by atomic mass is 16.5. The van der Waals surface area contributed by atoms with E-state index in [4.69, 9.17) is 5.11 Å². The Kier molecular flexibility index (Phi) is 4.62. The van der Waals surface area contributed by atoms with Crippen molar-refractivity contribution in [3.8, 4) is 0 Å². The first-order chi connectivity index (χ1) is 8.52. The fraction of sp³-hybridized carbons (Fsp3) is 0.0833. The number of carboxylic acids is 1. The minimum atomic E-state index is -1.21. The number of ether oxygens (including phenoxy) is 1. The highest BCUT2D eigenvalue weighted by Crippen LogP contribution is 2.11. The van der Waals surface area contributed by atoms with Gasteiger partial charge in [-0.3, -0.25) is 4.79 Å². The minimum Gasteiger partial charge on any atom is -0.478 e. The third-order valence-electron chi connectivity index (χ3n) is 1.93.